The maximum atomic E-state index is 13.6. The van der Waals surface area contributed by atoms with Gasteiger partial charge in [0.2, 0.25) is 5.95 Å². The van der Waals surface area contributed by atoms with Gasteiger partial charge in [-0.2, -0.15) is 28.7 Å². The largest absolute Gasteiger partial charge is 0.456 e. The normalized spacial score (nSPS) is 14.7. The number of esters is 1. The number of halogens is 3. The van der Waals surface area contributed by atoms with Gasteiger partial charge in [0, 0.05) is 18.3 Å². The van der Waals surface area contributed by atoms with Crippen molar-refractivity contribution in [2.45, 2.75) is 32.5 Å². The van der Waals surface area contributed by atoms with Gasteiger partial charge in [0.1, 0.15) is 6.04 Å². The highest BCUT2D eigenvalue weighted by atomic mass is 19.4. The van der Waals surface area contributed by atoms with Crippen LogP contribution in [0.3, 0.4) is 0 Å². The van der Waals surface area contributed by atoms with Crippen LogP contribution in [0.15, 0.2) is 59.8 Å². The molecule has 1 aliphatic rings. The first-order valence-electron chi connectivity index (χ1n) is 11.6. The van der Waals surface area contributed by atoms with Crippen molar-refractivity contribution in [1.82, 2.24) is 14.8 Å². The zero-order valence-corrected chi connectivity index (χ0v) is 20.7. The number of alkyl halides is 3. The Morgan fingerprint density at radius 1 is 1.13 bits per heavy atom. The Bertz CT molecular complexity index is 1550. The molecule has 0 fully saturated rings. The van der Waals surface area contributed by atoms with Crippen LogP contribution < -0.4 is 10.2 Å². The number of fused-ring (bicyclic) bond motifs is 1. The minimum Gasteiger partial charge on any atom is -0.456 e. The third-order valence-corrected chi connectivity index (χ3v) is 5.81. The number of rotatable bonds is 6. The highest BCUT2D eigenvalue weighted by Gasteiger charge is 2.38. The lowest BCUT2D eigenvalue weighted by Gasteiger charge is -2.35. The highest BCUT2D eigenvalue weighted by Crippen LogP contribution is 2.44. The highest BCUT2D eigenvalue weighted by molar-refractivity contribution is 5.91. The molecule has 0 aliphatic carbocycles. The molecule has 1 atom stereocenters. The molecule has 2 aromatic carbocycles. The van der Waals surface area contributed by atoms with Gasteiger partial charge in [-0.3, -0.25) is 19.8 Å². The smallest absolute Gasteiger partial charge is 0.416 e. The quantitative estimate of drug-likeness (QED) is 0.452. The Balaban J connectivity index is 1.91. The summed E-state index contributed by atoms with van der Waals surface area (Å²) in [4.78, 5) is 29.1. The molecule has 0 radical (unpaired) electrons. The monoisotopic (exact) mass is 535 g/mol. The molecule has 198 valence electrons. The zero-order chi connectivity index (χ0) is 28.3. The molecule has 1 amide bonds. The van der Waals surface area contributed by atoms with Crippen LogP contribution in [0, 0.1) is 22.7 Å². The summed E-state index contributed by atoms with van der Waals surface area (Å²) in [5, 5.41) is 26.2. The van der Waals surface area contributed by atoms with Crippen molar-refractivity contribution in [2.24, 2.45) is 0 Å². The van der Waals surface area contributed by atoms with Crippen LogP contribution in [-0.2, 0) is 20.5 Å². The van der Waals surface area contributed by atoms with Gasteiger partial charge >= 0.3 is 12.1 Å². The number of hydrogen-bond donors (Lipinski definition) is 1. The average Bonchev–Trinajstić information content (AvgIpc) is 3.32. The van der Waals surface area contributed by atoms with Crippen molar-refractivity contribution in [3.8, 4) is 12.1 Å². The van der Waals surface area contributed by atoms with Gasteiger partial charge in [0.15, 0.2) is 6.61 Å². The van der Waals surface area contributed by atoms with Crippen LogP contribution in [0.5, 0.6) is 0 Å². The Hall–Kier alpha value is -5.17. The Kier molecular flexibility index (Phi) is 7.36. The van der Waals surface area contributed by atoms with Crippen LogP contribution >= 0.6 is 0 Å². The molecule has 4 rings (SSSR count). The van der Waals surface area contributed by atoms with Crippen molar-refractivity contribution in [3.63, 3.8) is 0 Å². The third kappa shape index (κ3) is 5.43. The summed E-state index contributed by atoms with van der Waals surface area (Å²) >= 11 is 0. The van der Waals surface area contributed by atoms with Gasteiger partial charge in [0.05, 0.1) is 28.8 Å². The molecule has 1 aromatic heterocycles. The predicted molar refractivity (Wildman–Crippen MR) is 131 cm³/mol. The SMILES string of the molecule is CCC1=C(C#N)C(c2ccc(C#N)cc2)n2nc(NC(=O)COC(C)=O)nc2N1c1cccc(C(F)(F)F)c1. The molecule has 3 aromatic rings. The van der Waals surface area contributed by atoms with E-state index in [-0.39, 0.29) is 29.6 Å². The topological polar surface area (TPSA) is 137 Å². The number of benzene rings is 2. The van der Waals surface area contributed by atoms with Gasteiger partial charge in [-0.25, -0.2) is 4.68 Å². The van der Waals surface area contributed by atoms with Crippen molar-refractivity contribution < 1.29 is 27.5 Å². The lowest BCUT2D eigenvalue weighted by Crippen LogP contribution is -2.32. The minimum atomic E-state index is -4.62. The molecule has 1 N–H and O–H groups in total. The van der Waals surface area contributed by atoms with Gasteiger partial charge in [0.25, 0.3) is 11.9 Å². The third-order valence-electron chi connectivity index (χ3n) is 5.81. The summed E-state index contributed by atoms with van der Waals surface area (Å²) in [6.45, 7) is 2.28. The Labute approximate surface area is 220 Å². The molecule has 2 heterocycles. The molecule has 1 aliphatic heterocycles. The molecular formula is C26H20F3N7O3. The standard InChI is InChI=1S/C26H20F3N7O3/c1-3-21-20(13-31)23(17-9-7-16(12-30)8-10-17)36-25(33-24(34-36)32-22(38)14-39-15(2)37)35(21)19-6-4-5-18(11-19)26(27,28)29/h4-11,23H,3,14H2,1-2H3,(H,32,34,38). The van der Waals surface area contributed by atoms with E-state index in [0.717, 1.165) is 19.1 Å². The number of nitrogens with zero attached hydrogens (tertiary/aromatic N) is 6. The lowest BCUT2D eigenvalue weighted by atomic mass is 9.94. The minimum absolute atomic E-state index is 0.0438. The van der Waals surface area contributed by atoms with Crippen molar-refractivity contribution in [3.05, 3.63) is 76.5 Å². The molecule has 1 unspecified atom stereocenters. The number of nitriles is 2. The number of ether oxygens (including phenoxy) is 1. The van der Waals surface area contributed by atoms with E-state index >= 15 is 0 Å². The first kappa shape index (κ1) is 26.9. The maximum absolute atomic E-state index is 13.6. The summed E-state index contributed by atoms with van der Waals surface area (Å²) in [5.41, 5.74) is 0.696. The average molecular weight is 535 g/mol. The molecule has 0 bridgehead atoms. The van der Waals surface area contributed by atoms with Gasteiger partial charge in [-0.05, 0) is 42.3 Å². The maximum Gasteiger partial charge on any atom is 0.416 e. The van der Waals surface area contributed by atoms with Crippen LogP contribution in [-0.4, -0.2) is 33.2 Å². The van der Waals surface area contributed by atoms with E-state index in [1.54, 1.807) is 31.2 Å². The fraction of sp³-hybridized carbons (Fsp3) is 0.231. The van der Waals surface area contributed by atoms with Crippen LogP contribution in [0.4, 0.5) is 30.8 Å². The number of aromatic nitrogens is 3. The fourth-order valence-corrected chi connectivity index (χ4v) is 4.16. The number of allylic oxidation sites excluding steroid dienone is 2. The summed E-state index contributed by atoms with van der Waals surface area (Å²) < 4.78 is 46.7. The second-order valence-corrected chi connectivity index (χ2v) is 8.35. The number of hydrogen-bond acceptors (Lipinski definition) is 8. The molecular weight excluding hydrogens is 515 g/mol. The van der Waals surface area contributed by atoms with Crippen molar-refractivity contribution in [1.29, 1.82) is 10.5 Å². The van der Waals surface area contributed by atoms with Gasteiger partial charge in [-0.15, -0.1) is 5.10 Å². The van der Waals surface area contributed by atoms with E-state index in [4.69, 9.17) is 0 Å². The first-order valence-corrected chi connectivity index (χ1v) is 11.6. The van der Waals surface area contributed by atoms with Crippen molar-refractivity contribution >= 4 is 29.5 Å². The number of carbonyl (C=O) groups is 2. The summed E-state index contributed by atoms with van der Waals surface area (Å²) in [6.07, 6.45) is -4.37. The summed E-state index contributed by atoms with van der Waals surface area (Å²) in [5.74, 6) is -1.58. The van der Waals surface area contributed by atoms with E-state index < -0.39 is 36.3 Å². The van der Waals surface area contributed by atoms with Crippen LogP contribution in [0.2, 0.25) is 0 Å². The Morgan fingerprint density at radius 2 is 1.85 bits per heavy atom. The van der Waals surface area contributed by atoms with E-state index in [9.17, 15) is 33.3 Å². The first-order chi connectivity index (χ1) is 18.6. The fourth-order valence-electron chi connectivity index (χ4n) is 4.16. The van der Waals surface area contributed by atoms with Crippen LogP contribution in [0.25, 0.3) is 0 Å². The number of nitrogens with one attached hydrogen (secondary N) is 1. The zero-order valence-electron chi connectivity index (χ0n) is 20.7. The number of anilines is 3. The number of amides is 1. The van der Waals surface area contributed by atoms with Crippen molar-refractivity contribution in [2.75, 3.05) is 16.8 Å². The summed E-state index contributed by atoms with van der Waals surface area (Å²) in [6, 6.07) is 14.3. The molecule has 10 nitrogen and oxygen atoms in total. The molecule has 0 saturated carbocycles. The summed E-state index contributed by atoms with van der Waals surface area (Å²) in [7, 11) is 0. The van der Waals surface area contributed by atoms with Gasteiger partial charge < -0.3 is 4.74 Å². The van der Waals surface area contributed by atoms with E-state index in [2.05, 4.69) is 26.2 Å². The van der Waals surface area contributed by atoms with Crippen LogP contribution in [0.1, 0.15) is 43.0 Å². The van der Waals surface area contributed by atoms with Gasteiger partial charge in [-0.1, -0.05) is 25.1 Å². The predicted octanol–water partition coefficient (Wildman–Crippen LogP) is 4.60. The lowest BCUT2D eigenvalue weighted by molar-refractivity contribution is -0.145. The molecule has 0 saturated heterocycles. The number of carbonyl (C=O) groups excluding carboxylic acids is 2. The second kappa shape index (κ2) is 10.7. The van der Waals surface area contributed by atoms with E-state index in [0.29, 0.717) is 16.8 Å². The van der Waals surface area contributed by atoms with E-state index in [1.807, 2.05) is 6.07 Å². The molecule has 13 heteroatoms. The Morgan fingerprint density at radius 3 is 2.44 bits per heavy atom. The second-order valence-electron chi connectivity index (χ2n) is 8.35. The van der Waals surface area contributed by atoms with E-state index in [1.165, 1.54) is 21.7 Å². The molecule has 39 heavy (non-hydrogen) atoms. The molecule has 0 spiro atoms.